The summed E-state index contributed by atoms with van der Waals surface area (Å²) in [7, 11) is 0. The topological polar surface area (TPSA) is 28.7 Å². The summed E-state index contributed by atoms with van der Waals surface area (Å²) in [6.45, 7) is 4.41. The predicted molar refractivity (Wildman–Crippen MR) is 69.3 cm³/mol. The minimum Gasteiger partial charge on any atom is -0.342 e. The van der Waals surface area contributed by atoms with Gasteiger partial charge in [0, 0.05) is 6.42 Å². The number of halogens is 2. The van der Waals surface area contributed by atoms with E-state index in [2.05, 4.69) is 23.8 Å². The van der Waals surface area contributed by atoms with Crippen LogP contribution in [0.25, 0.3) is 11.0 Å². The summed E-state index contributed by atoms with van der Waals surface area (Å²) < 4.78 is 0. The van der Waals surface area contributed by atoms with Gasteiger partial charge in [0.1, 0.15) is 5.82 Å². The average Bonchev–Trinajstić information content (AvgIpc) is 2.58. The summed E-state index contributed by atoms with van der Waals surface area (Å²) in [6.07, 6.45) is 2.09. The summed E-state index contributed by atoms with van der Waals surface area (Å²) in [6, 6.07) is 3.62. The molecule has 1 aromatic heterocycles. The Balaban J connectivity index is 2.29. The Bertz CT molecular complexity index is 464. The van der Waals surface area contributed by atoms with E-state index in [1.807, 2.05) is 6.07 Å². The predicted octanol–water partition coefficient (Wildman–Crippen LogP) is 4.46. The molecule has 0 aliphatic carbocycles. The maximum atomic E-state index is 5.94. The van der Waals surface area contributed by atoms with Crippen molar-refractivity contribution in [2.75, 3.05) is 0 Å². The fraction of sp³-hybridized carbons (Fsp3) is 0.417. The molecule has 0 aliphatic rings. The van der Waals surface area contributed by atoms with Gasteiger partial charge in [-0.1, -0.05) is 37.0 Å². The van der Waals surface area contributed by atoms with E-state index >= 15 is 0 Å². The van der Waals surface area contributed by atoms with Gasteiger partial charge in [0.25, 0.3) is 0 Å². The first-order valence-corrected chi connectivity index (χ1v) is 6.15. The van der Waals surface area contributed by atoms with Crippen molar-refractivity contribution < 1.29 is 0 Å². The SMILES string of the molecule is CC(C)CCc1nc2cc(Cl)c(Cl)cc2[nH]1. The summed E-state index contributed by atoms with van der Waals surface area (Å²) in [5.74, 6) is 1.68. The second kappa shape index (κ2) is 4.64. The Morgan fingerprint density at radius 2 is 1.94 bits per heavy atom. The lowest BCUT2D eigenvalue weighted by atomic mass is 10.1. The fourth-order valence-electron chi connectivity index (χ4n) is 1.60. The molecule has 1 heterocycles. The van der Waals surface area contributed by atoms with Gasteiger partial charge < -0.3 is 4.98 Å². The van der Waals surface area contributed by atoms with Crippen molar-refractivity contribution in [3.8, 4) is 0 Å². The number of nitrogens with zero attached hydrogens (tertiary/aromatic N) is 1. The van der Waals surface area contributed by atoms with Crippen LogP contribution in [-0.4, -0.2) is 9.97 Å². The van der Waals surface area contributed by atoms with Crippen LogP contribution in [0.2, 0.25) is 10.0 Å². The number of H-pyrrole nitrogens is 1. The van der Waals surface area contributed by atoms with E-state index in [0.29, 0.717) is 16.0 Å². The lowest BCUT2D eigenvalue weighted by Gasteiger charge is -2.00. The molecule has 16 heavy (non-hydrogen) atoms. The number of aryl methyl sites for hydroxylation is 1. The molecule has 0 unspecified atom stereocenters. The molecule has 0 amide bonds. The Hall–Kier alpha value is -0.730. The van der Waals surface area contributed by atoms with E-state index in [4.69, 9.17) is 23.2 Å². The van der Waals surface area contributed by atoms with E-state index in [-0.39, 0.29) is 0 Å². The first kappa shape index (κ1) is 11.7. The van der Waals surface area contributed by atoms with Crippen LogP contribution in [0, 0.1) is 5.92 Å². The van der Waals surface area contributed by atoms with E-state index in [1.54, 1.807) is 6.07 Å². The third-order valence-electron chi connectivity index (χ3n) is 2.53. The van der Waals surface area contributed by atoms with Crippen LogP contribution >= 0.6 is 23.2 Å². The van der Waals surface area contributed by atoms with Gasteiger partial charge in [0.05, 0.1) is 21.1 Å². The Kier molecular flexibility index (Phi) is 3.41. The number of imidazole rings is 1. The molecule has 4 heteroatoms. The van der Waals surface area contributed by atoms with E-state index in [0.717, 1.165) is 29.7 Å². The first-order chi connectivity index (χ1) is 7.56. The number of nitrogens with one attached hydrogen (secondary N) is 1. The molecule has 2 aromatic rings. The minimum absolute atomic E-state index is 0.552. The largest absolute Gasteiger partial charge is 0.342 e. The van der Waals surface area contributed by atoms with Crippen molar-refractivity contribution in [2.24, 2.45) is 5.92 Å². The van der Waals surface area contributed by atoms with Crippen LogP contribution in [0.1, 0.15) is 26.1 Å². The van der Waals surface area contributed by atoms with Gasteiger partial charge in [0.15, 0.2) is 0 Å². The van der Waals surface area contributed by atoms with Gasteiger partial charge in [-0.2, -0.15) is 0 Å². The van der Waals surface area contributed by atoms with Crippen molar-refractivity contribution in [1.29, 1.82) is 0 Å². The normalized spacial score (nSPS) is 11.6. The lowest BCUT2D eigenvalue weighted by molar-refractivity contribution is 0.577. The quantitative estimate of drug-likeness (QED) is 0.864. The fourth-order valence-corrected chi connectivity index (χ4v) is 1.92. The van der Waals surface area contributed by atoms with Crippen LogP contribution in [-0.2, 0) is 6.42 Å². The standard InChI is InChI=1S/C12H14Cl2N2/c1-7(2)3-4-12-15-10-5-8(13)9(14)6-11(10)16-12/h5-7H,3-4H2,1-2H3,(H,15,16). The van der Waals surface area contributed by atoms with Gasteiger partial charge in [0.2, 0.25) is 0 Å². The summed E-state index contributed by atoms with van der Waals surface area (Å²) >= 11 is 11.9. The second-order valence-corrected chi connectivity index (χ2v) is 5.21. The zero-order valence-corrected chi connectivity index (χ0v) is 10.9. The number of rotatable bonds is 3. The number of benzene rings is 1. The smallest absolute Gasteiger partial charge is 0.107 e. The number of hydrogen-bond acceptors (Lipinski definition) is 1. The molecule has 0 atom stereocenters. The zero-order chi connectivity index (χ0) is 11.7. The van der Waals surface area contributed by atoms with E-state index in [9.17, 15) is 0 Å². The van der Waals surface area contributed by atoms with Crippen LogP contribution in [0.15, 0.2) is 12.1 Å². The molecular weight excluding hydrogens is 243 g/mol. The highest BCUT2D eigenvalue weighted by Gasteiger charge is 2.07. The van der Waals surface area contributed by atoms with Crippen molar-refractivity contribution in [1.82, 2.24) is 9.97 Å². The molecule has 0 radical (unpaired) electrons. The summed E-state index contributed by atoms with van der Waals surface area (Å²) in [4.78, 5) is 7.75. The van der Waals surface area contributed by atoms with Gasteiger partial charge in [-0.3, -0.25) is 0 Å². The highest BCUT2D eigenvalue weighted by atomic mass is 35.5. The summed E-state index contributed by atoms with van der Waals surface area (Å²) in [5, 5.41) is 1.12. The highest BCUT2D eigenvalue weighted by Crippen LogP contribution is 2.26. The molecule has 0 spiro atoms. The van der Waals surface area contributed by atoms with Crippen LogP contribution < -0.4 is 0 Å². The average molecular weight is 257 g/mol. The molecule has 0 fully saturated rings. The number of aromatic nitrogens is 2. The number of aromatic amines is 1. The first-order valence-electron chi connectivity index (χ1n) is 5.40. The van der Waals surface area contributed by atoms with Gasteiger partial charge in [-0.25, -0.2) is 4.98 Å². The third kappa shape index (κ3) is 2.50. The van der Waals surface area contributed by atoms with Crippen molar-refractivity contribution in [3.05, 3.63) is 28.0 Å². The lowest BCUT2D eigenvalue weighted by Crippen LogP contribution is -1.93. The van der Waals surface area contributed by atoms with Crippen molar-refractivity contribution in [3.63, 3.8) is 0 Å². The van der Waals surface area contributed by atoms with Gasteiger partial charge in [-0.05, 0) is 24.5 Å². The summed E-state index contributed by atoms with van der Waals surface area (Å²) in [5.41, 5.74) is 1.83. The molecule has 0 saturated heterocycles. The molecule has 86 valence electrons. The number of fused-ring (bicyclic) bond motifs is 1. The molecular formula is C12H14Cl2N2. The Morgan fingerprint density at radius 3 is 2.62 bits per heavy atom. The van der Waals surface area contributed by atoms with Crippen LogP contribution in [0.5, 0.6) is 0 Å². The van der Waals surface area contributed by atoms with Crippen LogP contribution in [0.3, 0.4) is 0 Å². The molecule has 2 nitrogen and oxygen atoms in total. The van der Waals surface area contributed by atoms with Crippen molar-refractivity contribution in [2.45, 2.75) is 26.7 Å². The molecule has 1 N–H and O–H groups in total. The molecule has 2 rings (SSSR count). The Morgan fingerprint density at radius 1 is 1.25 bits per heavy atom. The van der Waals surface area contributed by atoms with Crippen molar-refractivity contribution >= 4 is 34.2 Å². The van der Waals surface area contributed by atoms with E-state index < -0.39 is 0 Å². The second-order valence-electron chi connectivity index (χ2n) is 4.40. The maximum absolute atomic E-state index is 5.94. The molecule has 0 aliphatic heterocycles. The zero-order valence-electron chi connectivity index (χ0n) is 9.35. The molecule has 0 saturated carbocycles. The Labute approximate surface area is 105 Å². The van der Waals surface area contributed by atoms with Gasteiger partial charge in [-0.15, -0.1) is 0 Å². The third-order valence-corrected chi connectivity index (χ3v) is 3.25. The molecule has 0 bridgehead atoms. The van der Waals surface area contributed by atoms with Gasteiger partial charge >= 0.3 is 0 Å². The van der Waals surface area contributed by atoms with Crippen LogP contribution in [0.4, 0.5) is 0 Å². The maximum Gasteiger partial charge on any atom is 0.107 e. The van der Waals surface area contributed by atoms with E-state index in [1.165, 1.54) is 0 Å². The minimum atomic E-state index is 0.552. The monoisotopic (exact) mass is 256 g/mol. The highest BCUT2D eigenvalue weighted by molar-refractivity contribution is 6.42. The molecule has 1 aromatic carbocycles. The number of hydrogen-bond donors (Lipinski definition) is 1.